The Hall–Kier alpha value is -2.67. The molecule has 1 fully saturated rings. The number of pyridine rings is 2. The van der Waals surface area contributed by atoms with Gasteiger partial charge in [-0.15, -0.1) is 0 Å². The molecule has 1 saturated heterocycles. The van der Waals surface area contributed by atoms with Crippen LogP contribution >= 0.6 is 0 Å². The van der Waals surface area contributed by atoms with Crippen LogP contribution in [0.4, 0.5) is 5.82 Å². The number of anilines is 1. The second-order valence-corrected chi connectivity index (χ2v) is 6.46. The molecule has 26 heavy (non-hydrogen) atoms. The highest BCUT2D eigenvalue weighted by Crippen LogP contribution is 2.19. The van der Waals surface area contributed by atoms with Gasteiger partial charge in [-0.1, -0.05) is 0 Å². The summed E-state index contributed by atoms with van der Waals surface area (Å²) in [5, 5.41) is 12.3. The van der Waals surface area contributed by atoms with Gasteiger partial charge in [0, 0.05) is 44.9 Å². The molecule has 138 valence electrons. The maximum atomic E-state index is 12.6. The lowest BCUT2D eigenvalue weighted by molar-refractivity contribution is 0.0594. The largest absolute Gasteiger partial charge is 0.489 e. The van der Waals surface area contributed by atoms with E-state index in [2.05, 4.69) is 15.3 Å². The first-order valence-corrected chi connectivity index (χ1v) is 8.86. The third kappa shape index (κ3) is 4.92. The van der Waals surface area contributed by atoms with Crippen molar-refractivity contribution in [3.63, 3.8) is 0 Å². The Bertz CT molecular complexity index is 698. The van der Waals surface area contributed by atoms with Gasteiger partial charge in [-0.25, -0.2) is 4.98 Å². The number of nitrogens with one attached hydrogen (secondary N) is 1. The average Bonchev–Trinajstić information content (AvgIpc) is 2.68. The van der Waals surface area contributed by atoms with E-state index in [4.69, 9.17) is 4.74 Å². The minimum atomic E-state index is -0.451. The van der Waals surface area contributed by atoms with Crippen molar-refractivity contribution in [2.24, 2.45) is 0 Å². The van der Waals surface area contributed by atoms with Gasteiger partial charge in [0.25, 0.3) is 5.91 Å². The van der Waals surface area contributed by atoms with Crippen molar-refractivity contribution in [3.8, 4) is 5.75 Å². The highest BCUT2D eigenvalue weighted by atomic mass is 16.5. The highest BCUT2D eigenvalue weighted by Gasteiger charge is 2.25. The summed E-state index contributed by atoms with van der Waals surface area (Å²) >= 11 is 0. The van der Waals surface area contributed by atoms with E-state index in [1.165, 1.54) is 0 Å². The van der Waals surface area contributed by atoms with Crippen LogP contribution in [0.25, 0.3) is 0 Å². The fourth-order valence-electron chi connectivity index (χ4n) is 2.85. The summed E-state index contributed by atoms with van der Waals surface area (Å²) in [5.74, 6) is 1.40. The summed E-state index contributed by atoms with van der Waals surface area (Å²) in [4.78, 5) is 22.7. The van der Waals surface area contributed by atoms with Gasteiger partial charge in [-0.05, 0) is 31.2 Å². The minimum Gasteiger partial charge on any atom is -0.489 e. The van der Waals surface area contributed by atoms with Crippen LogP contribution in [0.2, 0.25) is 0 Å². The summed E-state index contributed by atoms with van der Waals surface area (Å²) in [6, 6.07) is 7.26. The van der Waals surface area contributed by atoms with Crippen LogP contribution in [0.1, 0.15) is 30.1 Å². The molecule has 1 amide bonds. The van der Waals surface area contributed by atoms with Gasteiger partial charge in [0.2, 0.25) is 0 Å². The molecular weight excluding hydrogens is 332 g/mol. The third-order valence-corrected chi connectivity index (χ3v) is 4.26. The van der Waals surface area contributed by atoms with Crippen molar-refractivity contribution < 1.29 is 14.6 Å². The van der Waals surface area contributed by atoms with Crippen LogP contribution in [0.5, 0.6) is 5.75 Å². The lowest BCUT2D eigenvalue weighted by Crippen LogP contribution is -2.41. The zero-order valence-corrected chi connectivity index (χ0v) is 14.8. The minimum absolute atomic E-state index is 0.0144. The summed E-state index contributed by atoms with van der Waals surface area (Å²) in [6.07, 6.45) is 6.24. The zero-order valence-electron chi connectivity index (χ0n) is 14.8. The Morgan fingerprint density at radius 3 is 2.77 bits per heavy atom. The van der Waals surface area contributed by atoms with Gasteiger partial charge in [-0.3, -0.25) is 9.78 Å². The number of nitrogens with zero attached hydrogens (tertiary/aromatic N) is 3. The number of amides is 1. The van der Waals surface area contributed by atoms with Crippen LogP contribution < -0.4 is 10.1 Å². The van der Waals surface area contributed by atoms with E-state index >= 15 is 0 Å². The fraction of sp³-hybridized carbons (Fsp3) is 0.421. The van der Waals surface area contributed by atoms with Crippen LogP contribution in [-0.2, 0) is 0 Å². The monoisotopic (exact) mass is 356 g/mol. The molecule has 1 aliphatic rings. The molecule has 3 heterocycles. The molecule has 1 atom stereocenters. The third-order valence-electron chi connectivity index (χ3n) is 4.26. The van der Waals surface area contributed by atoms with Gasteiger partial charge >= 0.3 is 0 Å². The van der Waals surface area contributed by atoms with Gasteiger partial charge in [0.05, 0.1) is 17.9 Å². The van der Waals surface area contributed by atoms with E-state index in [0.717, 1.165) is 18.6 Å². The quantitative estimate of drug-likeness (QED) is 0.823. The molecule has 2 N–H and O–H groups in total. The number of hydrogen-bond donors (Lipinski definition) is 2. The first kappa shape index (κ1) is 18.1. The summed E-state index contributed by atoms with van der Waals surface area (Å²) in [5.41, 5.74) is 0.569. The smallest absolute Gasteiger partial charge is 0.255 e. The molecule has 0 spiro atoms. The predicted octanol–water partition coefficient (Wildman–Crippen LogP) is 1.95. The van der Waals surface area contributed by atoms with E-state index < -0.39 is 6.10 Å². The van der Waals surface area contributed by atoms with Gasteiger partial charge < -0.3 is 20.1 Å². The Balaban J connectivity index is 1.50. The maximum Gasteiger partial charge on any atom is 0.255 e. The summed E-state index contributed by atoms with van der Waals surface area (Å²) in [6.45, 7) is 3.44. The van der Waals surface area contributed by atoms with E-state index in [1.807, 2.05) is 17.0 Å². The topological polar surface area (TPSA) is 87.6 Å². The molecule has 1 aliphatic heterocycles. The Labute approximate surface area is 153 Å². The van der Waals surface area contributed by atoms with Gasteiger partial charge in [-0.2, -0.15) is 0 Å². The average molecular weight is 356 g/mol. The second kappa shape index (κ2) is 8.62. The molecule has 7 heteroatoms. The van der Waals surface area contributed by atoms with E-state index in [9.17, 15) is 9.90 Å². The number of aliphatic hydroxyl groups is 1. The van der Waals surface area contributed by atoms with Crippen molar-refractivity contribution >= 4 is 11.7 Å². The summed E-state index contributed by atoms with van der Waals surface area (Å²) in [7, 11) is 0. The van der Waals surface area contributed by atoms with Crippen LogP contribution in [0.3, 0.4) is 0 Å². The number of ether oxygens (including phenoxy) is 1. The Kier molecular flexibility index (Phi) is 6.01. The number of carbonyl (C=O) groups is 1. The maximum absolute atomic E-state index is 12.6. The van der Waals surface area contributed by atoms with E-state index in [1.54, 1.807) is 37.6 Å². The fourth-order valence-corrected chi connectivity index (χ4v) is 2.85. The zero-order chi connectivity index (χ0) is 18.4. The normalized spacial score (nSPS) is 16.2. The second-order valence-electron chi connectivity index (χ2n) is 6.46. The van der Waals surface area contributed by atoms with E-state index in [-0.39, 0.29) is 12.0 Å². The lowest BCUT2D eigenvalue weighted by Gasteiger charge is -2.32. The van der Waals surface area contributed by atoms with Gasteiger partial charge in [0.1, 0.15) is 17.7 Å². The number of rotatable bonds is 6. The summed E-state index contributed by atoms with van der Waals surface area (Å²) < 4.78 is 5.91. The molecule has 7 nitrogen and oxygen atoms in total. The molecule has 3 rings (SSSR count). The van der Waals surface area contributed by atoms with Crippen LogP contribution in [0, 0.1) is 0 Å². The number of likely N-dealkylation sites (tertiary alicyclic amines) is 1. The molecule has 2 aromatic heterocycles. The first-order valence-electron chi connectivity index (χ1n) is 8.86. The number of aromatic nitrogens is 2. The van der Waals surface area contributed by atoms with Crippen LogP contribution in [0.15, 0.2) is 42.9 Å². The number of aliphatic hydroxyl groups excluding tert-OH is 1. The van der Waals surface area contributed by atoms with Crippen molar-refractivity contribution in [1.29, 1.82) is 0 Å². The molecule has 0 bridgehead atoms. The van der Waals surface area contributed by atoms with Gasteiger partial charge in [0.15, 0.2) is 0 Å². The molecular formula is C19H24N4O3. The molecule has 0 saturated carbocycles. The molecule has 0 radical (unpaired) electrons. The molecule has 0 aliphatic carbocycles. The Morgan fingerprint density at radius 1 is 1.35 bits per heavy atom. The first-order chi connectivity index (χ1) is 12.6. The van der Waals surface area contributed by atoms with E-state index in [0.29, 0.717) is 31.0 Å². The number of piperidine rings is 1. The van der Waals surface area contributed by atoms with Crippen molar-refractivity contribution in [2.45, 2.75) is 32.0 Å². The van der Waals surface area contributed by atoms with Crippen molar-refractivity contribution in [3.05, 3.63) is 48.4 Å². The molecule has 1 unspecified atom stereocenters. The van der Waals surface area contributed by atoms with Crippen molar-refractivity contribution in [1.82, 2.24) is 14.9 Å². The number of carbonyl (C=O) groups excluding carboxylic acids is 1. The number of hydrogen-bond acceptors (Lipinski definition) is 6. The van der Waals surface area contributed by atoms with Crippen molar-refractivity contribution in [2.75, 3.05) is 25.0 Å². The van der Waals surface area contributed by atoms with Crippen LogP contribution in [-0.4, -0.2) is 57.7 Å². The molecule has 0 aromatic carbocycles. The highest BCUT2D eigenvalue weighted by molar-refractivity contribution is 5.94. The lowest BCUT2D eigenvalue weighted by atomic mass is 10.1. The molecule has 2 aromatic rings. The SMILES string of the molecule is CC(O)CNc1ccc(C(=O)N2CCC(Oc3cccnc3)CC2)cn1. The standard InChI is InChI=1S/C19H24N4O3/c1-14(24)11-21-18-5-4-15(12-22-18)19(25)23-9-6-16(7-10-23)26-17-3-2-8-20-13-17/h2-5,8,12-14,16,24H,6-7,9-11H2,1H3,(H,21,22). The Morgan fingerprint density at radius 2 is 2.15 bits per heavy atom. The predicted molar refractivity (Wildman–Crippen MR) is 98.2 cm³/mol.